The summed E-state index contributed by atoms with van der Waals surface area (Å²) >= 11 is 0. The van der Waals surface area contributed by atoms with Crippen molar-refractivity contribution in [2.24, 2.45) is 7.05 Å². The van der Waals surface area contributed by atoms with Crippen LogP contribution in [-0.2, 0) is 13.5 Å². The van der Waals surface area contributed by atoms with E-state index in [1.54, 1.807) is 0 Å². The number of hydrogen-bond donors (Lipinski definition) is 1. The van der Waals surface area contributed by atoms with E-state index >= 15 is 0 Å². The quantitative estimate of drug-likeness (QED) is 0.763. The topological polar surface area (TPSA) is 46.5 Å². The summed E-state index contributed by atoms with van der Waals surface area (Å²) in [4.78, 5) is 8.15. The molecule has 19 heavy (non-hydrogen) atoms. The molecule has 4 nitrogen and oxygen atoms in total. The molecule has 0 aliphatic heterocycles. The van der Waals surface area contributed by atoms with Gasteiger partial charge in [-0.3, -0.25) is 4.68 Å². The molecular weight excluding hydrogens is 236 g/mol. The van der Waals surface area contributed by atoms with Crippen LogP contribution in [0.15, 0.2) is 18.3 Å². The fourth-order valence-corrected chi connectivity index (χ4v) is 2.59. The number of nitrogens with zero attached hydrogens (tertiary/aromatic N) is 3. The van der Waals surface area contributed by atoms with Gasteiger partial charge in [0.15, 0.2) is 0 Å². The summed E-state index contributed by atoms with van der Waals surface area (Å²) in [6.45, 7) is 6.32. The Balaban J connectivity index is 2.23. The number of imidazole rings is 1. The molecule has 4 heteroatoms. The predicted octanol–water partition coefficient (Wildman–Crippen LogP) is 3.14. The van der Waals surface area contributed by atoms with Crippen LogP contribution in [0.2, 0.25) is 0 Å². The van der Waals surface area contributed by atoms with Crippen LogP contribution in [-0.4, -0.2) is 19.7 Å². The van der Waals surface area contributed by atoms with Crippen molar-refractivity contribution < 1.29 is 0 Å². The molecule has 0 amide bonds. The van der Waals surface area contributed by atoms with E-state index in [0.717, 1.165) is 34.5 Å². The Morgan fingerprint density at radius 1 is 1.26 bits per heavy atom. The minimum absolute atomic E-state index is 0.908. The minimum atomic E-state index is 0.908. The highest BCUT2D eigenvalue weighted by Crippen LogP contribution is 2.25. The SMILES string of the molecule is CCc1nn(C)cc1-c1nc2c(C)cc(C)cc2[nH]1. The van der Waals surface area contributed by atoms with Crippen molar-refractivity contribution in [3.8, 4) is 11.4 Å². The second-order valence-corrected chi connectivity index (χ2v) is 5.08. The Kier molecular flexibility index (Phi) is 2.66. The molecule has 0 aliphatic carbocycles. The van der Waals surface area contributed by atoms with E-state index < -0.39 is 0 Å². The molecule has 0 unspecified atom stereocenters. The minimum Gasteiger partial charge on any atom is -0.338 e. The zero-order valence-electron chi connectivity index (χ0n) is 11.8. The lowest BCUT2D eigenvalue weighted by Gasteiger charge is -1.96. The maximum absolute atomic E-state index is 4.74. The third kappa shape index (κ3) is 1.93. The highest BCUT2D eigenvalue weighted by molar-refractivity contribution is 5.83. The standard InChI is InChI=1S/C15H18N4/c1-5-12-11(8-19(4)18-12)15-16-13-7-9(2)6-10(3)14(13)17-15/h6-8H,5H2,1-4H3,(H,16,17). The van der Waals surface area contributed by atoms with E-state index in [1.807, 2.05) is 17.9 Å². The maximum atomic E-state index is 4.74. The first-order chi connectivity index (χ1) is 9.08. The molecule has 0 saturated heterocycles. The van der Waals surface area contributed by atoms with Gasteiger partial charge in [0.05, 0.1) is 22.3 Å². The van der Waals surface area contributed by atoms with Gasteiger partial charge in [-0.15, -0.1) is 0 Å². The van der Waals surface area contributed by atoms with Gasteiger partial charge in [-0.25, -0.2) is 4.98 Å². The van der Waals surface area contributed by atoms with Crippen LogP contribution in [0.25, 0.3) is 22.4 Å². The Morgan fingerprint density at radius 3 is 2.79 bits per heavy atom. The molecule has 98 valence electrons. The van der Waals surface area contributed by atoms with Crippen LogP contribution >= 0.6 is 0 Å². The van der Waals surface area contributed by atoms with Gasteiger partial charge in [-0.1, -0.05) is 13.0 Å². The molecule has 1 N–H and O–H groups in total. The monoisotopic (exact) mass is 254 g/mol. The Labute approximate surface area is 112 Å². The molecule has 0 bridgehead atoms. The smallest absolute Gasteiger partial charge is 0.141 e. The third-order valence-electron chi connectivity index (χ3n) is 3.42. The van der Waals surface area contributed by atoms with Crippen LogP contribution in [0.1, 0.15) is 23.7 Å². The van der Waals surface area contributed by atoms with Crippen LogP contribution in [0.3, 0.4) is 0 Å². The Hall–Kier alpha value is -2.10. The average Bonchev–Trinajstić information content (AvgIpc) is 2.91. The van der Waals surface area contributed by atoms with Gasteiger partial charge in [0, 0.05) is 13.2 Å². The van der Waals surface area contributed by atoms with Crippen LogP contribution in [0.5, 0.6) is 0 Å². The predicted molar refractivity (Wildman–Crippen MR) is 77.1 cm³/mol. The van der Waals surface area contributed by atoms with Gasteiger partial charge in [0.2, 0.25) is 0 Å². The number of aromatic amines is 1. The van der Waals surface area contributed by atoms with Crippen LogP contribution in [0.4, 0.5) is 0 Å². The van der Waals surface area contributed by atoms with E-state index in [9.17, 15) is 0 Å². The normalized spacial score (nSPS) is 11.4. The largest absolute Gasteiger partial charge is 0.338 e. The van der Waals surface area contributed by atoms with Gasteiger partial charge >= 0.3 is 0 Å². The Bertz CT molecular complexity index is 749. The van der Waals surface area contributed by atoms with Crippen molar-refractivity contribution >= 4 is 11.0 Å². The summed E-state index contributed by atoms with van der Waals surface area (Å²) in [5.41, 5.74) is 6.78. The number of aryl methyl sites for hydroxylation is 4. The number of benzene rings is 1. The number of rotatable bonds is 2. The molecule has 0 fully saturated rings. The van der Waals surface area contributed by atoms with Crippen LogP contribution < -0.4 is 0 Å². The van der Waals surface area contributed by atoms with E-state index in [0.29, 0.717) is 0 Å². The molecule has 0 radical (unpaired) electrons. The first-order valence-electron chi connectivity index (χ1n) is 6.58. The Morgan fingerprint density at radius 2 is 2.05 bits per heavy atom. The van der Waals surface area contributed by atoms with Gasteiger partial charge in [0.25, 0.3) is 0 Å². The number of nitrogens with one attached hydrogen (secondary N) is 1. The summed E-state index contributed by atoms with van der Waals surface area (Å²) < 4.78 is 1.85. The highest BCUT2D eigenvalue weighted by atomic mass is 15.3. The fraction of sp³-hybridized carbons (Fsp3) is 0.333. The van der Waals surface area contributed by atoms with Gasteiger partial charge in [0.1, 0.15) is 5.82 Å². The zero-order valence-corrected chi connectivity index (χ0v) is 11.8. The molecule has 0 spiro atoms. The molecule has 3 rings (SSSR count). The fourth-order valence-electron chi connectivity index (χ4n) is 2.59. The third-order valence-corrected chi connectivity index (χ3v) is 3.42. The summed E-state index contributed by atoms with van der Waals surface area (Å²) in [5.74, 6) is 0.911. The van der Waals surface area contributed by atoms with E-state index in [1.165, 1.54) is 11.1 Å². The summed E-state index contributed by atoms with van der Waals surface area (Å²) in [6.07, 6.45) is 2.93. The molecule has 2 aromatic heterocycles. The van der Waals surface area contributed by atoms with Crippen molar-refractivity contribution in [3.05, 3.63) is 35.2 Å². The lowest BCUT2D eigenvalue weighted by molar-refractivity contribution is 0.746. The van der Waals surface area contributed by atoms with E-state index in [2.05, 4.69) is 43.0 Å². The molecular formula is C15H18N4. The van der Waals surface area contributed by atoms with Crippen molar-refractivity contribution in [1.82, 2.24) is 19.7 Å². The van der Waals surface area contributed by atoms with Gasteiger partial charge in [-0.2, -0.15) is 5.10 Å². The number of aromatic nitrogens is 4. The van der Waals surface area contributed by atoms with Gasteiger partial charge < -0.3 is 4.98 Å². The average molecular weight is 254 g/mol. The number of H-pyrrole nitrogens is 1. The number of fused-ring (bicyclic) bond motifs is 1. The summed E-state index contributed by atoms with van der Waals surface area (Å²) in [7, 11) is 1.95. The second-order valence-electron chi connectivity index (χ2n) is 5.08. The zero-order chi connectivity index (χ0) is 13.6. The molecule has 2 heterocycles. The summed E-state index contributed by atoms with van der Waals surface area (Å²) in [5, 5.41) is 4.47. The van der Waals surface area contributed by atoms with E-state index in [4.69, 9.17) is 4.98 Å². The van der Waals surface area contributed by atoms with Crippen molar-refractivity contribution in [3.63, 3.8) is 0 Å². The highest BCUT2D eigenvalue weighted by Gasteiger charge is 2.13. The van der Waals surface area contributed by atoms with E-state index in [-0.39, 0.29) is 0 Å². The lowest BCUT2D eigenvalue weighted by Crippen LogP contribution is -1.89. The second kappa shape index (κ2) is 4.23. The van der Waals surface area contributed by atoms with Crippen molar-refractivity contribution in [2.45, 2.75) is 27.2 Å². The van der Waals surface area contributed by atoms with Crippen molar-refractivity contribution in [1.29, 1.82) is 0 Å². The molecule has 0 aliphatic rings. The molecule has 3 aromatic rings. The summed E-state index contributed by atoms with van der Waals surface area (Å²) in [6, 6.07) is 4.30. The molecule has 0 saturated carbocycles. The first kappa shape index (κ1) is 12.0. The first-order valence-corrected chi connectivity index (χ1v) is 6.58. The maximum Gasteiger partial charge on any atom is 0.141 e. The lowest BCUT2D eigenvalue weighted by atomic mass is 10.1. The van der Waals surface area contributed by atoms with Crippen molar-refractivity contribution in [2.75, 3.05) is 0 Å². The van der Waals surface area contributed by atoms with Gasteiger partial charge in [-0.05, 0) is 37.5 Å². The number of hydrogen-bond acceptors (Lipinski definition) is 2. The molecule has 0 atom stereocenters. The van der Waals surface area contributed by atoms with Crippen LogP contribution in [0, 0.1) is 13.8 Å². The molecule has 1 aromatic carbocycles.